The molecule has 3 aromatic rings. The summed E-state index contributed by atoms with van der Waals surface area (Å²) in [6, 6.07) is 17.9. The summed E-state index contributed by atoms with van der Waals surface area (Å²) in [7, 11) is 1.65. The average molecular weight is 395 g/mol. The normalized spacial score (nSPS) is 11.8. The third-order valence-electron chi connectivity index (χ3n) is 4.92. The first kappa shape index (κ1) is 20.6. The van der Waals surface area contributed by atoms with Crippen molar-refractivity contribution in [1.82, 2.24) is 5.32 Å². The molecule has 29 heavy (non-hydrogen) atoms. The maximum absolute atomic E-state index is 12.8. The number of halogens is 1. The number of fused-ring (bicyclic) bond motifs is 1. The zero-order valence-electron chi connectivity index (χ0n) is 16.8. The molecule has 0 aliphatic rings. The lowest BCUT2D eigenvalue weighted by Gasteiger charge is -2.14. The Morgan fingerprint density at radius 3 is 2.41 bits per heavy atom. The van der Waals surface area contributed by atoms with Gasteiger partial charge in [0.1, 0.15) is 17.3 Å². The molecule has 3 rings (SSSR count). The topological polar surface area (TPSA) is 47.6 Å². The summed E-state index contributed by atoms with van der Waals surface area (Å²) in [5, 5.41) is 5.16. The number of amides is 1. The van der Waals surface area contributed by atoms with Crippen molar-refractivity contribution in [1.29, 1.82) is 0 Å². The Morgan fingerprint density at radius 2 is 1.66 bits per heavy atom. The standard InChI is InChI=1S/C24H26FNO3/c1-17(18-5-6-20-16-23(28-2)10-7-19(20)15-18)24(27)26-13-3-4-14-29-22-11-8-21(25)9-12-22/h5-12,15-17H,3-4,13-14H2,1-2H3,(H,26,27)/t17-/m0/s1. The molecule has 5 heteroatoms. The number of benzene rings is 3. The van der Waals surface area contributed by atoms with Crippen LogP contribution in [0.5, 0.6) is 11.5 Å². The van der Waals surface area contributed by atoms with Crippen LogP contribution in [0.1, 0.15) is 31.2 Å². The first-order valence-electron chi connectivity index (χ1n) is 9.80. The average Bonchev–Trinajstić information content (AvgIpc) is 2.75. The fraction of sp³-hybridized carbons (Fsp3) is 0.292. The zero-order chi connectivity index (χ0) is 20.6. The predicted octanol–water partition coefficient (Wildman–Crippen LogP) is 5.07. The fourth-order valence-corrected chi connectivity index (χ4v) is 3.10. The van der Waals surface area contributed by atoms with Crippen LogP contribution >= 0.6 is 0 Å². The van der Waals surface area contributed by atoms with Crippen molar-refractivity contribution >= 4 is 16.7 Å². The van der Waals surface area contributed by atoms with Gasteiger partial charge in [0.2, 0.25) is 5.91 Å². The molecular formula is C24H26FNO3. The van der Waals surface area contributed by atoms with E-state index < -0.39 is 0 Å². The molecular weight excluding hydrogens is 369 g/mol. The van der Waals surface area contributed by atoms with Crippen LogP contribution in [-0.2, 0) is 4.79 Å². The van der Waals surface area contributed by atoms with Crippen molar-refractivity contribution < 1.29 is 18.7 Å². The number of hydrogen-bond acceptors (Lipinski definition) is 3. The molecule has 0 radical (unpaired) electrons. The Morgan fingerprint density at radius 1 is 0.966 bits per heavy atom. The molecule has 0 aliphatic heterocycles. The summed E-state index contributed by atoms with van der Waals surface area (Å²) < 4.78 is 23.7. The smallest absolute Gasteiger partial charge is 0.227 e. The van der Waals surface area contributed by atoms with E-state index in [1.165, 1.54) is 12.1 Å². The van der Waals surface area contributed by atoms with E-state index in [4.69, 9.17) is 9.47 Å². The second-order valence-corrected chi connectivity index (χ2v) is 6.99. The summed E-state index contributed by atoms with van der Waals surface area (Å²) in [6.45, 7) is 3.05. The predicted molar refractivity (Wildman–Crippen MR) is 113 cm³/mol. The molecule has 0 saturated heterocycles. The molecule has 0 aliphatic carbocycles. The molecule has 152 valence electrons. The number of carbonyl (C=O) groups is 1. The molecule has 4 nitrogen and oxygen atoms in total. The SMILES string of the molecule is COc1ccc2cc([C@H](C)C(=O)NCCCCOc3ccc(F)cc3)ccc2c1. The highest BCUT2D eigenvalue weighted by Crippen LogP contribution is 2.25. The lowest BCUT2D eigenvalue weighted by molar-refractivity contribution is -0.122. The molecule has 0 bridgehead atoms. The van der Waals surface area contributed by atoms with Crippen molar-refractivity contribution in [2.75, 3.05) is 20.3 Å². The van der Waals surface area contributed by atoms with Gasteiger partial charge in [0.05, 0.1) is 19.6 Å². The molecule has 0 fully saturated rings. The quantitative estimate of drug-likeness (QED) is 0.515. The van der Waals surface area contributed by atoms with E-state index >= 15 is 0 Å². The zero-order valence-corrected chi connectivity index (χ0v) is 16.8. The minimum atomic E-state index is -0.277. The van der Waals surface area contributed by atoms with E-state index in [1.807, 2.05) is 37.3 Å². The molecule has 1 amide bonds. The van der Waals surface area contributed by atoms with E-state index in [1.54, 1.807) is 19.2 Å². The van der Waals surface area contributed by atoms with Gasteiger partial charge in [-0.05, 0) is 72.5 Å². The van der Waals surface area contributed by atoms with Crippen LogP contribution in [-0.4, -0.2) is 26.2 Å². The van der Waals surface area contributed by atoms with Gasteiger partial charge in [-0.2, -0.15) is 0 Å². The highest BCUT2D eigenvalue weighted by molar-refractivity contribution is 5.88. The summed E-state index contributed by atoms with van der Waals surface area (Å²) in [6.07, 6.45) is 1.63. The highest BCUT2D eigenvalue weighted by Gasteiger charge is 2.15. The van der Waals surface area contributed by atoms with E-state index in [-0.39, 0.29) is 17.6 Å². The van der Waals surface area contributed by atoms with Crippen molar-refractivity contribution in [3.63, 3.8) is 0 Å². The molecule has 0 spiro atoms. The Labute approximate surface area is 170 Å². The van der Waals surface area contributed by atoms with E-state index in [0.717, 1.165) is 34.9 Å². The number of nitrogens with one attached hydrogen (secondary N) is 1. The maximum Gasteiger partial charge on any atom is 0.227 e. The minimum Gasteiger partial charge on any atom is -0.497 e. The Hall–Kier alpha value is -3.08. The molecule has 0 unspecified atom stereocenters. The molecule has 0 heterocycles. The number of carbonyl (C=O) groups excluding carboxylic acids is 1. The molecule has 0 aromatic heterocycles. The summed E-state index contributed by atoms with van der Waals surface area (Å²) >= 11 is 0. The summed E-state index contributed by atoms with van der Waals surface area (Å²) in [5.74, 6) is 0.979. The second kappa shape index (κ2) is 9.92. The van der Waals surface area contributed by atoms with Gasteiger partial charge in [-0.3, -0.25) is 4.79 Å². The number of unbranched alkanes of at least 4 members (excludes halogenated alkanes) is 1. The van der Waals surface area contributed by atoms with E-state index in [2.05, 4.69) is 11.4 Å². The van der Waals surface area contributed by atoms with Gasteiger partial charge in [0, 0.05) is 6.54 Å². The Bertz CT molecular complexity index is 956. The third kappa shape index (κ3) is 5.70. The highest BCUT2D eigenvalue weighted by atomic mass is 19.1. The molecule has 1 atom stereocenters. The van der Waals surface area contributed by atoms with E-state index in [0.29, 0.717) is 18.9 Å². The number of rotatable bonds is 9. The monoisotopic (exact) mass is 395 g/mol. The lowest BCUT2D eigenvalue weighted by Crippen LogP contribution is -2.29. The van der Waals surface area contributed by atoms with Crippen molar-refractivity contribution in [3.05, 3.63) is 72.0 Å². The first-order chi connectivity index (χ1) is 14.1. The molecule has 1 N–H and O–H groups in total. The van der Waals surface area contributed by atoms with Gasteiger partial charge >= 0.3 is 0 Å². The second-order valence-electron chi connectivity index (χ2n) is 6.99. The fourth-order valence-electron chi connectivity index (χ4n) is 3.10. The Kier molecular flexibility index (Phi) is 7.06. The minimum absolute atomic E-state index is 0.0114. The van der Waals surface area contributed by atoms with Crippen LogP contribution in [0.4, 0.5) is 4.39 Å². The van der Waals surface area contributed by atoms with Crippen LogP contribution in [0.15, 0.2) is 60.7 Å². The lowest BCUT2D eigenvalue weighted by atomic mass is 9.97. The van der Waals surface area contributed by atoms with Gasteiger partial charge in [0.25, 0.3) is 0 Å². The number of ether oxygens (including phenoxy) is 2. The van der Waals surface area contributed by atoms with Gasteiger partial charge in [0.15, 0.2) is 0 Å². The van der Waals surface area contributed by atoms with Crippen LogP contribution in [0.3, 0.4) is 0 Å². The van der Waals surface area contributed by atoms with Gasteiger partial charge in [-0.25, -0.2) is 4.39 Å². The van der Waals surface area contributed by atoms with Crippen LogP contribution in [0.2, 0.25) is 0 Å². The van der Waals surface area contributed by atoms with Gasteiger partial charge in [-0.1, -0.05) is 24.3 Å². The van der Waals surface area contributed by atoms with Crippen molar-refractivity contribution in [2.45, 2.75) is 25.7 Å². The molecule has 0 saturated carbocycles. The third-order valence-corrected chi connectivity index (χ3v) is 4.92. The first-order valence-corrected chi connectivity index (χ1v) is 9.80. The van der Waals surface area contributed by atoms with Crippen molar-refractivity contribution in [3.8, 4) is 11.5 Å². The number of methoxy groups -OCH3 is 1. The largest absolute Gasteiger partial charge is 0.497 e. The van der Waals surface area contributed by atoms with Crippen LogP contribution in [0, 0.1) is 5.82 Å². The van der Waals surface area contributed by atoms with Crippen LogP contribution < -0.4 is 14.8 Å². The van der Waals surface area contributed by atoms with Crippen LogP contribution in [0.25, 0.3) is 10.8 Å². The summed E-state index contributed by atoms with van der Waals surface area (Å²) in [4.78, 5) is 12.5. The van der Waals surface area contributed by atoms with Crippen molar-refractivity contribution in [2.24, 2.45) is 0 Å². The number of hydrogen-bond donors (Lipinski definition) is 1. The molecule has 3 aromatic carbocycles. The van der Waals surface area contributed by atoms with E-state index in [9.17, 15) is 9.18 Å². The summed E-state index contributed by atoms with van der Waals surface area (Å²) in [5.41, 5.74) is 0.986. The maximum atomic E-state index is 12.8. The van der Waals surface area contributed by atoms with Gasteiger partial charge < -0.3 is 14.8 Å². The Balaban J connectivity index is 1.43. The van der Waals surface area contributed by atoms with Gasteiger partial charge in [-0.15, -0.1) is 0 Å².